The summed E-state index contributed by atoms with van der Waals surface area (Å²) in [7, 11) is 0. The summed E-state index contributed by atoms with van der Waals surface area (Å²) >= 11 is 0. The summed E-state index contributed by atoms with van der Waals surface area (Å²) in [4.78, 5) is 35.7. The van der Waals surface area contributed by atoms with Crippen molar-refractivity contribution in [2.75, 3.05) is 6.61 Å². The predicted molar refractivity (Wildman–Crippen MR) is 113 cm³/mol. The summed E-state index contributed by atoms with van der Waals surface area (Å²) in [5, 5.41) is 11.6. The molecule has 0 amide bonds. The van der Waals surface area contributed by atoms with Crippen molar-refractivity contribution in [3.63, 3.8) is 0 Å². The number of hydrogen-bond acceptors (Lipinski definition) is 7. The number of fused-ring (bicyclic) bond motifs is 4. The van der Waals surface area contributed by atoms with Crippen molar-refractivity contribution in [2.24, 2.45) is 28.6 Å². The predicted octanol–water partition coefficient (Wildman–Crippen LogP) is 2.96. The molecule has 178 valence electrons. The van der Waals surface area contributed by atoms with Crippen molar-refractivity contribution in [3.8, 4) is 0 Å². The van der Waals surface area contributed by atoms with Crippen LogP contribution >= 0.6 is 0 Å². The van der Waals surface area contributed by atoms with E-state index >= 15 is 0 Å². The minimum Gasteiger partial charge on any atom is -0.462 e. The van der Waals surface area contributed by atoms with Crippen molar-refractivity contribution < 1.29 is 33.7 Å². The van der Waals surface area contributed by atoms with Gasteiger partial charge in [0.15, 0.2) is 6.61 Å². The van der Waals surface area contributed by atoms with Crippen LogP contribution in [0.15, 0.2) is 0 Å². The maximum atomic E-state index is 13.0. The van der Waals surface area contributed by atoms with Crippen molar-refractivity contribution in [1.82, 2.24) is 0 Å². The largest absolute Gasteiger partial charge is 0.462 e. The van der Waals surface area contributed by atoms with Gasteiger partial charge in [0.1, 0.15) is 17.3 Å². The summed E-state index contributed by atoms with van der Waals surface area (Å²) in [5.41, 5.74) is -2.11. The number of esters is 2. The number of ketones is 1. The van der Waals surface area contributed by atoms with Crippen molar-refractivity contribution in [1.29, 1.82) is 0 Å². The Morgan fingerprint density at radius 3 is 2.31 bits per heavy atom. The van der Waals surface area contributed by atoms with E-state index in [0.717, 1.165) is 44.9 Å². The molecule has 0 unspecified atom stereocenters. The lowest BCUT2D eigenvalue weighted by atomic mass is 9.44. The normalized spacial score (nSPS) is 50.8. The van der Waals surface area contributed by atoms with Gasteiger partial charge in [-0.05, 0) is 62.7 Å². The van der Waals surface area contributed by atoms with E-state index in [1.807, 2.05) is 0 Å². The summed E-state index contributed by atoms with van der Waals surface area (Å²) in [6.07, 6.45) is 6.65. The van der Waals surface area contributed by atoms with Crippen molar-refractivity contribution >= 4 is 17.7 Å². The highest BCUT2D eigenvalue weighted by Crippen LogP contribution is 2.74. The molecule has 1 saturated heterocycles. The van der Waals surface area contributed by atoms with Crippen molar-refractivity contribution in [2.45, 2.75) is 102 Å². The Kier molecular flexibility index (Phi) is 4.90. The molecule has 5 rings (SSSR count). The molecule has 4 saturated carbocycles. The zero-order chi connectivity index (χ0) is 23.1. The molecule has 4 aliphatic carbocycles. The van der Waals surface area contributed by atoms with Crippen LogP contribution in [0.4, 0.5) is 0 Å². The average Bonchev–Trinajstić information content (AvgIpc) is 3.34. The molecule has 7 heteroatoms. The highest BCUT2D eigenvalue weighted by atomic mass is 16.6. The number of carbonyl (C=O) groups excluding carboxylic acids is 3. The van der Waals surface area contributed by atoms with Gasteiger partial charge in [-0.25, -0.2) is 0 Å². The van der Waals surface area contributed by atoms with Gasteiger partial charge in [-0.15, -0.1) is 0 Å². The molecule has 32 heavy (non-hydrogen) atoms. The van der Waals surface area contributed by atoms with E-state index in [9.17, 15) is 19.5 Å². The van der Waals surface area contributed by atoms with Gasteiger partial charge in [-0.3, -0.25) is 14.4 Å². The third-order valence-corrected chi connectivity index (χ3v) is 10.4. The molecule has 5 aliphatic rings. The molecular weight excluding hydrogens is 412 g/mol. The molecule has 1 aliphatic heterocycles. The highest BCUT2D eigenvalue weighted by molar-refractivity contribution is 5.90. The molecule has 0 aromatic heterocycles. The van der Waals surface area contributed by atoms with E-state index in [4.69, 9.17) is 14.2 Å². The lowest BCUT2D eigenvalue weighted by Gasteiger charge is -2.59. The van der Waals surface area contributed by atoms with Gasteiger partial charge in [0, 0.05) is 31.1 Å². The Hall–Kier alpha value is -1.47. The monoisotopic (exact) mass is 448 g/mol. The molecule has 9 atom stereocenters. The van der Waals surface area contributed by atoms with E-state index in [1.54, 1.807) is 0 Å². The molecule has 1 spiro atoms. The first-order chi connectivity index (χ1) is 15.0. The fourth-order valence-corrected chi connectivity index (χ4v) is 8.74. The number of rotatable bonds is 4. The lowest BCUT2D eigenvalue weighted by Crippen LogP contribution is -2.61. The van der Waals surface area contributed by atoms with Gasteiger partial charge < -0.3 is 19.3 Å². The summed E-state index contributed by atoms with van der Waals surface area (Å²) in [6, 6.07) is 0. The van der Waals surface area contributed by atoms with Crippen LogP contribution in [0.5, 0.6) is 0 Å². The fraction of sp³-hybridized carbons (Fsp3) is 0.880. The molecule has 7 nitrogen and oxygen atoms in total. The topological polar surface area (TPSA) is 102 Å². The first-order valence-electron chi connectivity index (χ1n) is 12.2. The van der Waals surface area contributed by atoms with Crippen LogP contribution in [0.3, 0.4) is 0 Å². The van der Waals surface area contributed by atoms with Gasteiger partial charge in [0.05, 0.1) is 6.10 Å². The average molecular weight is 449 g/mol. The van der Waals surface area contributed by atoms with E-state index in [0.29, 0.717) is 18.3 Å². The third-order valence-electron chi connectivity index (χ3n) is 10.4. The van der Waals surface area contributed by atoms with Gasteiger partial charge in [-0.2, -0.15) is 0 Å². The molecule has 5 fully saturated rings. The Morgan fingerprint density at radius 1 is 0.969 bits per heavy atom. The minimum atomic E-state index is -1.44. The molecule has 0 bridgehead atoms. The third kappa shape index (κ3) is 2.82. The number of epoxide rings is 1. The van der Waals surface area contributed by atoms with Crippen LogP contribution in [0, 0.1) is 28.6 Å². The molecule has 0 radical (unpaired) electrons. The van der Waals surface area contributed by atoms with Crippen molar-refractivity contribution in [3.05, 3.63) is 0 Å². The van der Waals surface area contributed by atoms with Crippen LogP contribution in [0.1, 0.15) is 79.1 Å². The first kappa shape index (κ1) is 22.3. The first-order valence-corrected chi connectivity index (χ1v) is 12.2. The number of carbonyl (C=O) groups is 3. The lowest BCUT2D eigenvalue weighted by molar-refractivity contribution is -0.175. The van der Waals surface area contributed by atoms with Crippen LogP contribution in [-0.4, -0.2) is 52.8 Å². The van der Waals surface area contributed by atoms with Gasteiger partial charge in [0.2, 0.25) is 5.78 Å². The van der Waals surface area contributed by atoms with Crippen LogP contribution < -0.4 is 0 Å². The van der Waals surface area contributed by atoms with Crippen LogP contribution in [0.2, 0.25) is 0 Å². The second-order valence-corrected chi connectivity index (χ2v) is 11.6. The zero-order valence-electron chi connectivity index (χ0n) is 19.6. The van der Waals surface area contributed by atoms with Gasteiger partial charge in [-0.1, -0.05) is 13.8 Å². The maximum Gasteiger partial charge on any atom is 0.303 e. The van der Waals surface area contributed by atoms with E-state index in [-0.39, 0.29) is 47.5 Å². The second-order valence-electron chi connectivity index (χ2n) is 11.6. The zero-order valence-corrected chi connectivity index (χ0v) is 19.6. The van der Waals surface area contributed by atoms with Gasteiger partial charge >= 0.3 is 11.9 Å². The minimum absolute atomic E-state index is 0.0288. The Balaban J connectivity index is 1.38. The summed E-state index contributed by atoms with van der Waals surface area (Å²) in [5.74, 6) is 0.0358. The standard InChI is InChI=1S/C25H36O7/c1-14(26)30-13-20(28)24(29)10-7-18-17-11-21-25(32-21)12-16(31-15(2)27)5-8-23(25,4)19(17)6-9-22(18,24)3/h16-19,21,29H,5-13H2,1-4H3/t16-,17+,18+,19+,21+,22+,23-,24-,25+/m1/s1. The van der Waals surface area contributed by atoms with E-state index < -0.39 is 17.0 Å². The smallest absolute Gasteiger partial charge is 0.303 e. The maximum absolute atomic E-state index is 13.0. The molecule has 0 aromatic carbocycles. The Labute approximate surface area is 189 Å². The van der Waals surface area contributed by atoms with Crippen LogP contribution in [-0.2, 0) is 28.6 Å². The van der Waals surface area contributed by atoms with Gasteiger partial charge in [0.25, 0.3) is 0 Å². The molecule has 1 N–H and O–H groups in total. The number of aliphatic hydroxyl groups is 1. The Morgan fingerprint density at radius 2 is 1.62 bits per heavy atom. The summed E-state index contributed by atoms with van der Waals surface area (Å²) < 4.78 is 17.0. The van der Waals surface area contributed by atoms with E-state index in [1.165, 1.54) is 13.8 Å². The number of ether oxygens (including phenoxy) is 3. The molecular formula is C25H36O7. The van der Waals surface area contributed by atoms with Crippen LogP contribution in [0.25, 0.3) is 0 Å². The number of Topliss-reactive ketones (excluding diaryl/α,β-unsaturated/α-hetero) is 1. The fourth-order valence-electron chi connectivity index (χ4n) is 8.74. The molecule has 0 aromatic rings. The Bertz CT molecular complexity index is 855. The SMILES string of the molecule is CC(=O)OCC(=O)[C@]1(O)CC[C@H]2[C@@H]3C[C@@H]4O[C@@]45C[C@H](OC(C)=O)CC[C@]5(C)[C@H]3CC[C@@]21C. The molecule has 1 heterocycles. The van der Waals surface area contributed by atoms with E-state index in [2.05, 4.69) is 13.8 Å². The highest BCUT2D eigenvalue weighted by Gasteiger charge is 2.77. The number of hydrogen-bond donors (Lipinski definition) is 1. The quantitative estimate of drug-likeness (QED) is 0.521. The second kappa shape index (κ2) is 7.02. The summed E-state index contributed by atoms with van der Waals surface area (Å²) in [6.45, 7) is 6.83.